The summed E-state index contributed by atoms with van der Waals surface area (Å²) in [5.74, 6) is 0.887. The minimum Gasteiger partial charge on any atom is -0.368 e. The number of aromatic nitrogens is 2. The van der Waals surface area contributed by atoms with E-state index in [4.69, 9.17) is 4.18 Å². The summed E-state index contributed by atoms with van der Waals surface area (Å²) in [5.41, 5.74) is 5.82. The molecule has 1 saturated heterocycles. The highest BCUT2D eigenvalue weighted by Gasteiger charge is 2.32. The Bertz CT molecular complexity index is 1560. The summed E-state index contributed by atoms with van der Waals surface area (Å²) < 4.78 is 34.5. The SMILES string of the molecule is C=CCN1CCC(N2CCc3cc4nc(C)nc(OS(=O)(=O)c5c(C(C)C)cc(C(C)C)cc5C(C)C)c4cc32)CC1. The third kappa shape index (κ3) is 5.93. The van der Waals surface area contributed by atoms with Crippen LogP contribution in [0.2, 0.25) is 0 Å². The van der Waals surface area contributed by atoms with Crippen molar-refractivity contribution < 1.29 is 12.6 Å². The fourth-order valence-electron chi connectivity index (χ4n) is 6.48. The molecule has 0 bridgehead atoms. The zero-order chi connectivity index (χ0) is 30.3. The van der Waals surface area contributed by atoms with Crippen LogP contribution in [0.4, 0.5) is 5.69 Å². The Balaban J connectivity index is 1.56. The first kappa shape index (κ1) is 30.5. The minimum atomic E-state index is -4.19. The van der Waals surface area contributed by atoms with Crippen LogP contribution in [-0.4, -0.2) is 55.5 Å². The molecule has 226 valence electrons. The molecule has 0 aliphatic carbocycles. The van der Waals surface area contributed by atoms with Crippen molar-refractivity contribution in [1.82, 2.24) is 14.9 Å². The molecule has 7 nitrogen and oxygen atoms in total. The Kier molecular flexibility index (Phi) is 8.68. The van der Waals surface area contributed by atoms with Crippen molar-refractivity contribution in [3.63, 3.8) is 0 Å². The molecule has 8 heteroatoms. The molecule has 0 N–H and O–H groups in total. The van der Waals surface area contributed by atoms with Gasteiger partial charge in [0.1, 0.15) is 10.7 Å². The lowest BCUT2D eigenvalue weighted by Crippen LogP contribution is -2.44. The molecule has 2 aliphatic heterocycles. The number of piperidine rings is 1. The van der Waals surface area contributed by atoms with Gasteiger partial charge in [-0.3, -0.25) is 4.90 Å². The van der Waals surface area contributed by atoms with Crippen LogP contribution < -0.4 is 9.08 Å². The third-order valence-electron chi connectivity index (χ3n) is 8.81. The number of benzene rings is 2. The number of rotatable bonds is 9. The second-order valence-corrected chi connectivity index (χ2v) is 14.4. The maximum atomic E-state index is 14.2. The van der Waals surface area contributed by atoms with Crippen molar-refractivity contribution >= 4 is 26.7 Å². The lowest BCUT2D eigenvalue weighted by molar-refractivity contribution is 0.229. The molecule has 0 radical (unpaired) electrons. The summed E-state index contributed by atoms with van der Waals surface area (Å²) in [6.07, 6.45) is 5.11. The van der Waals surface area contributed by atoms with Gasteiger partial charge in [0.15, 0.2) is 0 Å². The summed E-state index contributed by atoms with van der Waals surface area (Å²) in [7, 11) is -4.19. The van der Waals surface area contributed by atoms with Gasteiger partial charge in [0.05, 0.1) is 10.9 Å². The third-order valence-corrected chi connectivity index (χ3v) is 10.2. The molecule has 3 heterocycles. The second kappa shape index (κ2) is 12.0. The molecular weight excluding hydrogens is 544 g/mol. The van der Waals surface area contributed by atoms with Gasteiger partial charge >= 0.3 is 10.1 Å². The molecule has 1 aromatic heterocycles. The van der Waals surface area contributed by atoms with Crippen LogP contribution in [0, 0.1) is 6.92 Å². The highest BCUT2D eigenvalue weighted by Crippen LogP contribution is 2.40. The van der Waals surface area contributed by atoms with E-state index < -0.39 is 10.1 Å². The van der Waals surface area contributed by atoms with Gasteiger partial charge in [0, 0.05) is 37.9 Å². The van der Waals surface area contributed by atoms with Gasteiger partial charge in [-0.25, -0.2) is 4.98 Å². The van der Waals surface area contributed by atoms with Crippen molar-refractivity contribution in [2.75, 3.05) is 31.1 Å². The van der Waals surface area contributed by atoms with Crippen molar-refractivity contribution in [1.29, 1.82) is 0 Å². The van der Waals surface area contributed by atoms with Crippen molar-refractivity contribution in [2.45, 2.75) is 96.4 Å². The first-order valence-electron chi connectivity index (χ1n) is 15.4. The monoisotopic (exact) mass is 590 g/mol. The average Bonchev–Trinajstić information content (AvgIpc) is 3.34. The van der Waals surface area contributed by atoms with Gasteiger partial charge in [-0.2, -0.15) is 13.4 Å². The Morgan fingerprint density at radius 2 is 1.60 bits per heavy atom. The lowest BCUT2D eigenvalue weighted by Gasteiger charge is -2.37. The normalized spacial score (nSPS) is 16.7. The molecule has 5 rings (SSSR count). The van der Waals surface area contributed by atoms with Crippen LogP contribution in [-0.2, 0) is 16.5 Å². The summed E-state index contributed by atoms with van der Waals surface area (Å²) in [6.45, 7) is 22.1. The fourth-order valence-corrected chi connectivity index (χ4v) is 8.07. The van der Waals surface area contributed by atoms with Crippen LogP contribution in [0.5, 0.6) is 5.88 Å². The van der Waals surface area contributed by atoms with Gasteiger partial charge in [-0.15, -0.1) is 6.58 Å². The number of nitrogens with zero attached hydrogens (tertiary/aromatic N) is 4. The molecule has 0 atom stereocenters. The topological polar surface area (TPSA) is 75.6 Å². The molecule has 0 amide bonds. The van der Waals surface area contributed by atoms with Crippen LogP contribution in [0.15, 0.2) is 41.8 Å². The maximum Gasteiger partial charge on any atom is 0.341 e. The highest BCUT2D eigenvalue weighted by molar-refractivity contribution is 7.87. The van der Waals surface area contributed by atoms with E-state index in [-0.39, 0.29) is 28.5 Å². The van der Waals surface area contributed by atoms with Crippen LogP contribution >= 0.6 is 0 Å². The van der Waals surface area contributed by atoms with E-state index in [0.29, 0.717) is 17.3 Å². The van der Waals surface area contributed by atoms with Gasteiger partial charge in [-0.05, 0) is 78.3 Å². The predicted molar refractivity (Wildman–Crippen MR) is 172 cm³/mol. The maximum absolute atomic E-state index is 14.2. The van der Waals surface area contributed by atoms with Crippen molar-refractivity contribution in [3.8, 4) is 5.88 Å². The number of fused-ring (bicyclic) bond motifs is 2. The predicted octanol–water partition coefficient (Wildman–Crippen LogP) is 7.09. The number of hydrogen-bond acceptors (Lipinski definition) is 7. The Labute approximate surface area is 252 Å². The lowest BCUT2D eigenvalue weighted by atomic mass is 9.89. The summed E-state index contributed by atoms with van der Waals surface area (Å²) >= 11 is 0. The molecule has 42 heavy (non-hydrogen) atoms. The quantitative estimate of drug-likeness (QED) is 0.195. The summed E-state index contributed by atoms with van der Waals surface area (Å²) in [6, 6.07) is 8.68. The van der Waals surface area contributed by atoms with Crippen LogP contribution in [0.1, 0.15) is 100 Å². The molecule has 2 aliphatic rings. The van der Waals surface area contributed by atoms with E-state index in [1.54, 1.807) is 6.92 Å². The van der Waals surface area contributed by atoms with Gasteiger partial charge in [0.25, 0.3) is 0 Å². The molecule has 3 aromatic rings. The number of anilines is 1. The van der Waals surface area contributed by atoms with E-state index in [1.807, 2.05) is 45.9 Å². The van der Waals surface area contributed by atoms with Crippen LogP contribution in [0.3, 0.4) is 0 Å². The molecule has 1 fully saturated rings. The standard InChI is InChI=1S/C34H46N4O3S/c1-9-13-37-14-11-27(12-15-37)38-16-10-25-19-31-30(20-32(25)38)34(36-24(8)35-31)41-42(39,40)33-28(22(4)5)17-26(21(2)3)18-29(33)23(6)7/h9,17-23,27H,1,10-16H2,2-8H3. The average molecular weight is 591 g/mol. The molecular formula is C34H46N4O3S. The first-order chi connectivity index (χ1) is 19.9. The zero-order valence-electron chi connectivity index (χ0n) is 26.3. The van der Waals surface area contributed by atoms with E-state index in [2.05, 4.69) is 52.3 Å². The Morgan fingerprint density at radius 1 is 0.952 bits per heavy atom. The molecule has 0 unspecified atom stereocenters. The zero-order valence-corrected chi connectivity index (χ0v) is 27.1. The summed E-state index contributed by atoms with van der Waals surface area (Å²) in [4.78, 5) is 14.5. The fraction of sp³-hybridized carbons (Fsp3) is 0.529. The van der Waals surface area contributed by atoms with E-state index in [0.717, 1.165) is 73.3 Å². The van der Waals surface area contributed by atoms with E-state index in [9.17, 15) is 8.42 Å². The number of likely N-dealkylation sites (tertiary alicyclic amines) is 1. The smallest absolute Gasteiger partial charge is 0.341 e. The van der Waals surface area contributed by atoms with Gasteiger partial charge in [0.2, 0.25) is 5.88 Å². The highest BCUT2D eigenvalue weighted by atomic mass is 32.2. The minimum absolute atomic E-state index is 0.00757. The van der Waals surface area contributed by atoms with E-state index in [1.165, 1.54) is 5.56 Å². The Hall–Kier alpha value is -2.97. The number of aryl methyl sites for hydroxylation is 1. The van der Waals surface area contributed by atoms with Crippen molar-refractivity contribution in [3.05, 3.63) is 65.0 Å². The van der Waals surface area contributed by atoms with Crippen molar-refractivity contribution in [2.24, 2.45) is 0 Å². The van der Waals surface area contributed by atoms with Gasteiger partial charge < -0.3 is 9.08 Å². The first-order valence-corrected chi connectivity index (χ1v) is 16.8. The number of hydrogen-bond donors (Lipinski definition) is 0. The Morgan fingerprint density at radius 3 is 2.17 bits per heavy atom. The molecule has 0 saturated carbocycles. The van der Waals surface area contributed by atoms with E-state index >= 15 is 0 Å². The largest absolute Gasteiger partial charge is 0.368 e. The molecule has 2 aromatic carbocycles. The summed E-state index contributed by atoms with van der Waals surface area (Å²) in [5, 5.41) is 0.634. The molecule has 0 spiro atoms. The second-order valence-electron chi connectivity index (χ2n) is 12.9. The van der Waals surface area contributed by atoms with Gasteiger partial charge in [-0.1, -0.05) is 59.8 Å². The van der Waals surface area contributed by atoms with Crippen LogP contribution in [0.25, 0.3) is 10.9 Å².